The molecule has 0 aliphatic rings. The number of aryl methyl sites for hydroxylation is 1. The maximum Gasteiger partial charge on any atom is 0.329 e. The molecule has 2 aromatic rings. The van der Waals surface area contributed by atoms with Crippen LogP contribution in [-0.2, 0) is 22.5 Å². The maximum atomic E-state index is 12.5. The standard InChI is InChI=1S/C20H25N3O4/c1-4-23-13(2)10-16(14(23)3)18(24)12-27-19(25)17(22-20(21)26)11-15-8-6-5-7-9-15/h5-10,17H,4,11-12H2,1-3H3,(H3,21,22,26)/t17-/m0/s1. The maximum absolute atomic E-state index is 12.5. The number of carbonyl (C=O) groups excluding carboxylic acids is 3. The van der Waals surface area contributed by atoms with Crippen LogP contribution in [0.2, 0.25) is 0 Å². The number of rotatable bonds is 8. The Morgan fingerprint density at radius 2 is 1.85 bits per heavy atom. The van der Waals surface area contributed by atoms with Crippen molar-refractivity contribution in [1.82, 2.24) is 9.88 Å². The molecule has 3 N–H and O–H groups in total. The van der Waals surface area contributed by atoms with Gasteiger partial charge in [0, 0.05) is 29.9 Å². The Labute approximate surface area is 158 Å². The van der Waals surface area contributed by atoms with E-state index in [9.17, 15) is 14.4 Å². The normalized spacial score (nSPS) is 11.7. The molecule has 2 rings (SSSR count). The van der Waals surface area contributed by atoms with E-state index in [-0.39, 0.29) is 12.2 Å². The molecular weight excluding hydrogens is 346 g/mol. The number of amides is 2. The van der Waals surface area contributed by atoms with Crippen LogP contribution >= 0.6 is 0 Å². The summed E-state index contributed by atoms with van der Waals surface area (Å²) in [5, 5.41) is 2.37. The number of urea groups is 1. The van der Waals surface area contributed by atoms with Gasteiger partial charge in [-0.1, -0.05) is 30.3 Å². The third-order valence-corrected chi connectivity index (χ3v) is 4.42. The minimum Gasteiger partial charge on any atom is -0.456 e. The summed E-state index contributed by atoms with van der Waals surface area (Å²) in [6.07, 6.45) is 0.223. The second-order valence-corrected chi connectivity index (χ2v) is 6.31. The second-order valence-electron chi connectivity index (χ2n) is 6.31. The molecular formula is C20H25N3O4. The van der Waals surface area contributed by atoms with E-state index in [0.29, 0.717) is 5.56 Å². The molecule has 2 amide bonds. The Hall–Kier alpha value is -3.09. The van der Waals surface area contributed by atoms with Crippen molar-refractivity contribution >= 4 is 17.8 Å². The zero-order valence-corrected chi connectivity index (χ0v) is 15.8. The van der Waals surface area contributed by atoms with E-state index >= 15 is 0 Å². The number of benzene rings is 1. The molecule has 0 unspecified atom stereocenters. The van der Waals surface area contributed by atoms with E-state index in [1.54, 1.807) is 6.07 Å². The van der Waals surface area contributed by atoms with Crippen LogP contribution in [0.5, 0.6) is 0 Å². The van der Waals surface area contributed by atoms with Crippen LogP contribution in [-0.4, -0.2) is 35.0 Å². The Morgan fingerprint density at radius 3 is 2.41 bits per heavy atom. The fourth-order valence-electron chi connectivity index (χ4n) is 3.10. The lowest BCUT2D eigenvalue weighted by molar-refractivity contribution is -0.144. The molecule has 1 aromatic carbocycles. The van der Waals surface area contributed by atoms with Gasteiger partial charge in [0.25, 0.3) is 0 Å². The van der Waals surface area contributed by atoms with Crippen molar-refractivity contribution in [1.29, 1.82) is 0 Å². The topological polar surface area (TPSA) is 103 Å². The number of hydrogen-bond acceptors (Lipinski definition) is 4. The molecule has 1 atom stereocenters. The predicted octanol–water partition coefficient (Wildman–Crippen LogP) is 2.13. The van der Waals surface area contributed by atoms with Gasteiger partial charge >= 0.3 is 12.0 Å². The summed E-state index contributed by atoms with van der Waals surface area (Å²) in [5.41, 5.74) is 8.34. The number of Topliss-reactive ketones (excluding diaryl/α,β-unsaturated/α-hetero) is 1. The van der Waals surface area contributed by atoms with Crippen LogP contribution in [0.15, 0.2) is 36.4 Å². The third kappa shape index (κ3) is 5.20. The van der Waals surface area contributed by atoms with Gasteiger partial charge in [0.15, 0.2) is 6.61 Å². The summed E-state index contributed by atoms with van der Waals surface area (Å²) in [6, 6.07) is 9.17. The quantitative estimate of drug-likeness (QED) is 0.548. The minimum absolute atomic E-state index is 0.223. The van der Waals surface area contributed by atoms with Gasteiger partial charge in [0.2, 0.25) is 5.78 Å². The largest absolute Gasteiger partial charge is 0.456 e. The molecule has 0 aliphatic carbocycles. The average Bonchev–Trinajstić information content (AvgIpc) is 2.93. The molecule has 1 aromatic heterocycles. The van der Waals surface area contributed by atoms with Gasteiger partial charge < -0.3 is 20.4 Å². The van der Waals surface area contributed by atoms with Gasteiger partial charge in [-0.3, -0.25) is 4.79 Å². The van der Waals surface area contributed by atoms with Gasteiger partial charge in [-0.2, -0.15) is 0 Å². The number of carbonyl (C=O) groups is 3. The van der Waals surface area contributed by atoms with E-state index in [4.69, 9.17) is 10.5 Å². The fourth-order valence-corrected chi connectivity index (χ4v) is 3.10. The van der Waals surface area contributed by atoms with Crippen LogP contribution < -0.4 is 11.1 Å². The summed E-state index contributed by atoms with van der Waals surface area (Å²) >= 11 is 0. The monoisotopic (exact) mass is 371 g/mol. The first kappa shape index (κ1) is 20.2. The van der Waals surface area contributed by atoms with Crippen molar-refractivity contribution in [2.75, 3.05) is 6.61 Å². The predicted molar refractivity (Wildman–Crippen MR) is 102 cm³/mol. The summed E-state index contributed by atoms with van der Waals surface area (Å²) in [5.74, 6) is -0.982. The van der Waals surface area contributed by atoms with Crippen LogP contribution in [0.4, 0.5) is 4.79 Å². The molecule has 144 valence electrons. The molecule has 0 spiro atoms. The van der Waals surface area contributed by atoms with Gasteiger partial charge in [0.05, 0.1) is 0 Å². The highest BCUT2D eigenvalue weighted by Gasteiger charge is 2.24. The minimum atomic E-state index is -0.958. The van der Waals surface area contributed by atoms with E-state index in [0.717, 1.165) is 23.5 Å². The van der Waals surface area contributed by atoms with E-state index in [2.05, 4.69) is 5.32 Å². The number of esters is 1. The molecule has 1 heterocycles. The molecule has 0 aliphatic heterocycles. The number of hydrogen-bond donors (Lipinski definition) is 2. The SMILES string of the molecule is CCn1c(C)cc(C(=O)COC(=O)[C@H](Cc2ccccc2)NC(N)=O)c1C. The molecule has 0 bridgehead atoms. The molecule has 0 saturated heterocycles. The number of primary amides is 1. The summed E-state index contributed by atoms with van der Waals surface area (Å²) in [7, 11) is 0. The van der Waals surface area contributed by atoms with Crippen LogP contribution in [0.1, 0.15) is 34.2 Å². The Kier molecular flexibility index (Phi) is 6.76. The number of nitrogens with two attached hydrogens (primary N) is 1. The summed E-state index contributed by atoms with van der Waals surface area (Å²) in [6.45, 7) is 6.15. The van der Waals surface area contributed by atoms with E-state index in [1.807, 2.05) is 55.7 Å². The van der Waals surface area contributed by atoms with Crippen molar-refractivity contribution in [2.45, 2.75) is 39.8 Å². The highest BCUT2D eigenvalue weighted by molar-refractivity contribution is 5.99. The van der Waals surface area contributed by atoms with Crippen molar-refractivity contribution in [3.63, 3.8) is 0 Å². The first-order chi connectivity index (χ1) is 12.8. The van der Waals surface area contributed by atoms with Crippen molar-refractivity contribution < 1.29 is 19.1 Å². The molecule has 0 fully saturated rings. The first-order valence-corrected chi connectivity index (χ1v) is 8.80. The average molecular weight is 371 g/mol. The Balaban J connectivity index is 2.04. The zero-order valence-electron chi connectivity index (χ0n) is 15.8. The first-order valence-electron chi connectivity index (χ1n) is 8.80. The van der Waals surface area contributed by atoms with Gasteiger partial charge in [-0.15, -0.1) is 0 Å². The molecule has 0 saturated carbocycles. The van der Waals surface area contributed by atoms with E-state index in [1.165, 1.54) is 0 Å². The summed E-state index contributed by atoms with van der Waals surface area (Å²) in [4.78, 5) is 36.0. The molecule has 7 nitrogen and oxygen atoms in total. The Bertz CT molecular complexity index is 827. The lowest BCUT2D eigenvalue weighted by Crippen LogP contribution is -2.46. The third-order valence-electron chi connectivity index (χ3n) is 4.42. The van der Waals surface area contributed by atoms with Gasteiger partial charge in [-0.25, -0.2) is 9.59 Å². The molecule has 27 heavy (non-hydrogen) atoms. The molecule has 7 heteroatoms. The molecule has 0 radical (unpaired) electrons. The number of ether oxygens (including phenoxy) is 1. The Morgan fingerprint density at radius 1 is 1.19 bits per heavy atom. The fraction of sp³-hybridized carbons (Fsp3) is 0.350. The highest BCUT2D eigenvalue weighted by Crippen LogP contribution is 2.16. The van der Waals surface area contributed by atoms with Crippen molar-refractivity contribution in [2.24, 2.45) is 5.73 Å². The smallest absolute Gasteiger partial charge is 0.329 e. The number of ketones is 1. The van der Waals surface area contributed by atoms with Crippen LogP contribution in [0, 0.1) is 13.8 Å². The van der Waals surface area contributed by atoms with E-state index < -0.39 is 24.6 Å². The van der Waals surface area contributed by atoms with Gasteiger partial charge in [0.1, 0.15) is 6.04 Å². The zero-order chi connectivity index (χ0) is 20.0. The number of nitrogens with one attached hydrogen (secondary N) is 1. The van der Waals surface area contributed by atoms with Crippen LogP contribution in [0.3, 0.4) is 0 Å². The number of nitrogens with zero attached hydrogens (tertiary/aromatic N) is 1. The van der Waals surface area contributed by atoms with Crippen molar-refractivity contribution in [3.05, 3.63) is 58.9 Å². The lowest BCUT2D eigenvalue weighted by atomic mass is 10.1. The van der Waals surface area contributed by atoms with Crippen LogP contribution in [0.25, 0.3) is 0 Å². The summed E-state index contributed by atoms with van der Waals surface area (Å²) < 4.78 is 7.18. The number of aromatic nitrogens is 1. The second kappa shape index (κ2) is 9.02. The lowest BCUT2D eigenvalue weighted by Gasteiger charge is -2.16. The van der Waals surface area contributed by atoms with Gasteiger partial charge in [-0.05, 0) is 32.4 Å². The van der Waals surface area contributed by atoms with Crippen molar-refractivity contribution in [3.8, 4) is 0 Å². The highest BCUT2D eigenvalue weighted by atomic mass is 16.5.